The maximum absolute atomic E-state index is 13.2. The van der Waals surface area contributed by atoms with Gasteiger partial charge in [0.1, 0.15) is 5.54 Å². The van der Waals surface area contributed by atoms with Crippen molar-refractivity contribution in [2.24, 2.45) is 0 Å². The molecular weight excluding hydrogens is 326 g/mol. The van der Waals surface area contributed by atoms with E-state index in [0.29, 0.717) is 13.1 Å². The predicted octanol–water partition coefficient (Wildman–Crippen LogP) is 2.86. The maximum Gasteiger partial charge on any atom is 0.326 e. The van der Waals surface area contributed by atoms with Crippen LogP contribution in [0.25, 0.3) is 0 Å². The van der Waals surface area contributed by atoms with Gasteiger partial charge in [0.25, 0.3) is 5.91 Å². The number of carbonyl (C=O) groups excluding carboxylic acids is 2. The van der Waals surface area contributed by atoms with Crippen LogP contribution in [0.5, 0.6) is 0 Å². The van der Waals surface area contributed by atoms with Gasteiger partial charge in [0.2, 0.25) is 0 Å². The number of amides is 3. The van der Waals surface area contributed by atoms with Crippen LogP contribution in [0.4, 0.5) is 4.79 Å². The lowest BCUT2D eigenvalue weighted by Gasteiger charge is -2.31. The topological polar surface area (TPSA) is 52.7 Å². The molecule has 2 heterocycles. The lowest BCUT2D eigenvalue weighted by atomic mass is 9.87. The third-order valence-corrected chi connectivity index (χ3v) is 5.52. The second-order valence-corrected chi connectivity index (χ2v) is 7.00. The average molecular weight is 349 g/mol. The summed E-state index contributed by atoms with van der Waals surface area (Å²) in [5, 5.41) is 2.95. The molecule has 0 bridgehead atoms. The van der Waals surface area contributed by atoms with Gasteiger partial charge in [-0.05, 0) is 29.5 Å². The highest BCUT2D eigenvalue weighted by Gasteiger charge is 2.51. The van der Waals surface area contributed by atoms with Gasteiger partial charge >= 0.3 is 6.03 Å². The van der Waals surface area contributed by atoms with Crippen molar-refractivity contribution in [2.75, 3.05) is 13.2 Å². The van der Waals surface area contributed by atoms with E-state index in [2.05, 4.69) is 28.4 Å². The Bertz CT molecular complexity index is 836. The summed E-state index contributed by atoms with van der Waals surface area (Å²) >= 11 is 0. The molecule has 4 rings (SSSR count). The molecule has 0 unspecified atom stereocenters. The van der Waals surface area contributed by atoms with E-state index in [1.807, 2.05) is 43.3 Å². The number of urea groups is 1. The van der Waals surface area contributed by atoms with Crippen molar-refractivity contribution >= 4 is 11.9 Å². The molecule has 1 saturated heterocycles. The third kappa shape index (κ3) is 2.69. The largest absolute Gasteiger partial charge is 0.326 e. The van der Waals surface area contributed by atoms with Crippen molar-refractivity contribution in [2.45, 2.75) is 31.8 Å². The Morgan fingerprint density at radius 1 is 1.00 bits per heavy atom. The van der Waals surface area contributed by atoms with Crippen LogP contribution in [-0.4, -0.2) is 35.0 Å². The quantitative estimate of drug-likeness (QED) is 0.864. The summed E-state index contributed by atoms with van der Waals surface area (Å²) in [6.07, 6.45) is 1.47. The number of carbonyl (C=O) groups is 2. The Hall–Kier alpha value is -2.66. The summed E-state index contributed by atoms with van der Waals surface area (Å²) in [6, 6.07) is 17.6. The molecule has 0 radical (unpaired) electrons. The molecule has 2 aromatic carbocycles. The summed E-state index contributed by atoms with van der Waals surface area (Å²) in [6.45, 7) is 3.87. The van der Waals surface area contributed by atoms with E-state index in [1.165, 1.54) is 16.0 Å². The fraction of sp³-hybridized carbons (Fsp3) is 0.333. The summed E-state index contributed by atoms with van der Waals surface area (Å²) in [5.41, 5.74) is 2.52. The standard InChI is InChI=1S/C21H23N3O2/c1-2-21(18-10-4-3-5-11-18)19(25)24(20(26)22-21)15-23-13-12-16-8-6-7-9-17(16)14-23/h3-11H,2,12-15H2,1H3,(H,22,26)/t21-/m0/s1. The van der Waals surface area contributed by atoms with Gasteiger partial charge in [-0.2, -0.15) is 0 Å². The molecule has 0 spiro atoms. The second-order valence-electron chi connectivity index (χ2n) is 7.00. The smallest absolute Gasteiger partial charge is 0.319 e. The molecule has 5 heteroatoms. The van der Waals surface area contributed by atoms with Crippen LogP contribution in [0.3, 0.4) is 0 Å². The number of nitrogens with one attached hydrogen (secondary N) is 1. The van der Waals surface area contributed by atoms with E-state index in [1.54, 1.807) is 0 Å². The van der Waals surface area contributed by atoms with Crippen LogP contribution in [0.2, 0.25) is 0 Å². The van der Waals surface area contributed by atoms with E-state index < -0.39 is 5.54 Å². The van der Waals surface area contributed by atoms with Crippen molar-refractivity contribution in [1.29, 1.82) is 0 Å². The number of hydrogen-bond donors (Lipinski definition) is 1. The van der Waals surface area contributed by atoms with Gasteiger partial charge in [0, 0.05) is 13.1 Å². The van der Waals surface area contributed by atoms with E-state index in [0.717, 1.165) is 25.1 Å². The number of fused-ring (bicyclic) bond motifs is 1. The minimum Gasteiger partial charge on any atom is -0.319 e. The van der Waals surface area contributed by atoms with Crippen molar-refractivity contribution < 1.29 is 9.59 Å². The molecular formula is C21H23N3O2. The normalized spacial score (nSPS) is 23.0. The molecule has 2 aliphatic rings. The minimum atomic E-state index is -0.952. The number of imide groups is 1. The highest BCUT2D eigenvalue weighted by molar-refractivity contribution is 6.07. The fourth-order valence-electron chi connectivity index (χ4n) is 3.99. The number of nitrogens with zero attached hydrogens (tertiary/aromatic N) is 2. The van der Waals surface area contributed by atoms with E-state index >= 15 is 0 Å². The Balaban J connectivity index is 1.55. The Kier molecular flexibility index (Phi) is 4.24. The van der Waals surface area contributed by atoms with Crippen LogP contribution in [0.15, 0.2) is 54.6 Å². The molecule has 1 fully saturated rings. The van der Waals surface area contributed by atoms with Gasteiger partial charge in [-0.15, -0.1) is 0 Å². The molecule has 1 N–H and O–H groups in total. The van der Waals surface area contributed by atoms with E-state index in [-0.39, 0.29) is 11.9 Å². The summed E-state index contributed by atoms with van der Waals surface area (Å²) < 4.78 is 0. The van der Waals surface area contributed by atoms with Crippen molar-refractivity contribution in [3.8, 4) is 0 Å². The third-order valence-electron chi connectivity index (χ3n) is 5.52. The summed E-state index contributed by atoms with van der Waals surface area (Å²) in [4.78, 5) is 29.4. The van der Waals surface area contributed by atoms with Crippen molar-refractivity contribution in [3.63, 3.8) is 0 Å². The van der Waals surface area contributed by atoms with Crippen molar-refractivity contribution in [3.05, 3.63) is 71.3 Å². The van der Waals surface area contributed by atoms with Gasteiger partial charge in [0.05, 0.1) is 6.67 Å². The van der Waals surface area contributed by atoms with Crippen LogP contribution < -0.4 is 5.32 Å². The summed E-state index contributed by atoms with van der Waals surface area (Å²) in [7, 11) is 0. The Morgan fingerprint density at radius 2 is 1.69 bits per heavy atom. The van der Waals surface area contributed by atoms with Crippen LogP contribution in [0, 0.1) is 0 Å². The summed E-state index contributed by atoms with van der Waals surface area (Å²) in [5.74, 6) is -0.157. The Labute approximate surface area is 153 Å². The van der Waals surface area contributed by atoms with E-state index in [9.17, 15) is 9.59 Å². The zero-order valence-corrected chi connectivity index (χ0v) is 14.9. The second kappa shape index (κ2) is 6.57. The molecule has 2 aliphatic heterocycles. The van der Waals surface area contributed by atoms with Gasteiger partial charge in [-0.1, -0.05) is 61.5 Å². The average Bonchev–Trinajstić information content (AvgIpc) is 2.94. The van der Waals surface area contributed by atoms with Crippen LogP contribution in [0.1, 0.15) is 30.0 Å². The molecule has 0 saturated carbocycles. The maximum atomic E-state index is 13.2. The predicted molar refractivity (Wildman–Crippen MR) is 99.2 cm³/mol. The first-order valence-electron chi connectivity index (χ1n) is 9.13. The van der Waals surface area contributed by atoms with Crippen LogP contribution >= 0.6 is 0 Å². The van der Waals surface area contributed by atoms with Gasteiger partial charge < -0.3 is 5.32 Å². The molecule has 134 valence electrons. The molecule has 3 amide bonds. The minimum absolute atomic E-state index is 0.157. The molecule has 5 nitrogen and oxygen atoms in total. The fourth-order valence-corrected chi connectivity index (χ4v) is 3.99. The molecule has 0 aromatic heterocycles. The van der Waals surface area contributed by atoms with Crippen molar-refractivity contribution in [1.82, 2.24) is 15.1 Å². The lowest BCUT2D eigenvalue weighted by Crippen LogP contribution is -2.46. The number of benzene rings is 2. The SMILES string of the molecule is CC[C@@]1(c2ccccc2)NC(=O)N(CN2CCc3ccccc3C2)C1=O. The monoisotopic (exact) mass is 349 g/mol. The first-order chi connectivity index (χ1) is 12.6. The highest BCUT2D eigenvalue weighted by Crippen LogP contribution is 2.32. The molecule has 26 heavy (non-hydrogen) atoms. The number of rotatable bonds is 4. The lowest BCUT2D eigenvalue weighted by molar-refractivity contribution is -0.133. The van der Waals surface area contributed by atoms with Gasteiger partial charge in [-0.25, -0.2) is 9.69 Å². The van der Waals surface area contributed by atoms with Crippen LogP contribution in [-0.2, 0) is 23.3 Å². The van der Waals surface area contributed by atoms with Gasteiger partial charge in [-0.3, -0.25) is 9.69 Å². The van der Waals surface area contributed by atoms with E-state index in [4.69, 9.17) is 0 Å². The zero-order valence-electron chi connectivity index (χ0n) is 14.9. The highest BCUT2D eigenvalue weighted by atomic mass is 16.2. The molecule has 1 atom stereocenters. The van der Waals surface area contributed by atoms with Gasteiger partial charge in [0.15, 0.2) is 0 Å². The molecule has 0 aliphatic carbocycles. The first kappa shape index (κ1) is 16.8. The Morgan fingerprint density at radius 3 is 2.42 bits per heavy atom. The zero-order chi connectivity index (χ0) is 18.1. The number of hydrogen-bond acceptors (Lipinski definition) is 3. The first-order valence-corrected chi connectivity index (χ1v) is 9.13. The molecule has 2 aromatic rings.